The molecule has 2 aromatic carbocycles. The van der Waals surface area contributed by atoms with E-state index in [4.69, 9.17) is 0 Å². The topological polar surface area (TPSA) is 20.2 Å². The highest BCUT2D eigenvalue weighted by Crippen LogP contribution is 2.28. The van der Waals surface area contributed by atoms with Crippen LogP contribution in [0.15, 0.2) is 42.5 Å². The molecule has 0 aliphatic rings. The first-order valence-electron chi connectivity index (χ1n) is 5.81. The molecule has 2 aromatic rings. The third-order valence-corrected chi connectivity index (χ3v) is 3.00. The SMILES string of the molecule is CC(O)(Cc1cc(F)ccc1F)c1ccccc1F. The molecule has 0 spiro atoms. The number of rotatable bonds is 3. The van der Waals surface area contributed by atoms with Crippen LogP contribution in [-0.4, -0.2) is 5.11 Å². The Morgan fingerprint density at radius 1 is 1.00 bits per heavy atom. The molecule has 1 nitrogen and oxygen atoms in total. The average molecular weight is 266 g/mol. The minimum absolute atomic E-state index is 0.00764. The smallest absolute Gasteiger partial charge is 0.129 e. The summed E-state index contributed by atoms with van der Waals surface area (Å²) in [6.45, 7) is 1.37. The Labute approximate surface area is 109 Å². The van der Waals surface area contributed by atoms with Gasteiger partial charge in [0.2, 0.25) is 0 Å². The molecule has 1 unspecified atom stereocenters. The molecule has 0 amide bonds. The molecule has 0 saturated heterocycles. The highest BCUT2D eigenvalue weighted by Gasteiger charge is 2.28. The minimum atomic E-state index is -1.61. The molecule has 0 radical (unpaired) electrons. The molecule has 0 bridgehead atoms. The van der Waals surface area contributed by atoms with Crippen LogP contribution in [0.4, 0.5) is 13.2 Å². The maximum Gasteiger partial charge on any atom is 0.129 e. The van der Waals surface area contributed by atoms with Crippen LogP contribution in [0.1, 0.15) is 18.1 Å². The zero-order chi connectivity index (χ0) is 14.0. The van der Waals surface area contributed by atoms with E-state index in [9.17, 15) is 18.3 Å². The zero-order valence-corrected chi connectivity index (χ0v) is 10.3. The van der Waals surface area contributed by atoms with E-state index in [1.54, 1.807) is 6.07 Å². The Bertz CT molecular complexity index is 594. The summed E-state index contributed by atoms with van der Waals surface area (Å²) in [5.41, 5.74) is -1.55. The molecule has 1 N–H and O–H groups in total. The predicted molar refractivity (Wildman–Crippen MR) is 66.0 cm³/mol. The summed E-state index contributed by atoms with van der Waals surface area (Å²) in [6, 6.07) is 8.70. The summed E-state index contributed by atoms with van der Waals surface area (Å²) in [5.74, 6) is -1.80. The molecule has 1 atom stereocenters. The van der Waals surface area contributed by atoms with E-state index in [2.05, 4.69) is 0 Å². The highest BCUT2D eigenvalue weighted by atomic mass is 19.1. The van der Waals surface area contributed by atoms with Crippen LogP contribution in [0.2, 0.25) is 0 Å². The van der Waals surface area contributed by atoms with E-state index in [-0.39, 0.29) is 17.5 Å². The van der Waals surface area contributed by atoms with Gasteiger partial charge >= 0.3 is 0 Å². The highest BCUT2D eigenvalue weighted by molar-refractivity contribution is 5.28. The van der Waals surface area contributed by atoms with Gasteiger partial charge in [-0.2, -0.15) is 0 Å². The molecule has 2 rings (SSSR count). The molecule has 19 heavy (non-hydrogen) atoms. The molecule has 0 aliphatic heterocycles. The van der Waals surface area contributed by atoms with Gasteiger partial charge in [0, 0.05) is 12.0 Å². The standard InChI is InChI=1S/C15H13F3O/c1-15(19,12-4-2-3-5-14(12)18)9-10-8-11(16)6-7-13(10)17/h2-8,19H,9H2,1H3. The predicted octanol–water partition coefficient (Wildman–Crippen LogP) is 3.55. The molecular weight excluding hydrogens is 253 g/mol. The second kappa shape index (κ2) is 5.05. The van der Waals surface area contributed by atoms with E-state index in [1.165, 1.54) is 25.1 Å². The van der Waals surface area contributed by atoms with Crippen molar-refractivity contribution >= 4 is 0 Å². The van der Waals surface area contributed by atoms with Crippen molar-refractivity contribution in [2.24, 2.45) is 0 Å². The van der Waals surface area contributed by atoms with Gasteiger partial charge in [0.05, 0.1) is 5.60 Å². The average Bonchev–Trinajstić information content (AvgIpc) is 2.34. The Morgan fingerprint density at radius 2 is 1.68 bits per heavy atom. The van der Waals surface area contributed by atoms with Crippen molar-refractivity contribution in [1.82, 2.24) is 0 Å². The molecular formula is C15H13F3O. The van der Waals surface area contributed by atoms with Crippen LogP contribution in [0.5, 0.6) is 0 Å². The van der Waals surface area contributed by atoms with Gasteiger partial charge in [0.25, 0.3) is 0 Å². The fourth-order valence-corrected chi connectivity index (χ4v) is 2.04. The summed E-state index contributed by atoms with van der Waals surface area (Å²) in [6.07, 6.45) is -0.211. The summed E-state index contributed by atoms with van der Waals surface area (Å²) in [5, 5.41) is 10.3. The van der Waals surface area contributed by atoms with Crippen LogP contribution >= 0.6 is 0 Å². The van der Waals surface area contributed by atoms with Gasteiger partial charge < -0.3 is 5.11 Å². The first-order valence-corrected chi connectivity index (χ1v) is 5.81. The first-order chi connectivity index (χ1) is 8.90. The monoisotopic (exact) mass is 266 g/mol. The summed E-state index contributed by atoms with van der Waals surface area (Å²) < 4.78 is 40.3. The van der Waals surface area contributed by atoms with E-state index in [0.29, 0.717) is 0 Å². The lowest BCUT2D eigenvalue weighted by molar-refractivity contribution is 0.0528. The van der Waals surface area contributed by atoms with Crippen molar-refractivity contribution in [3.05, 3.63) is 71.0 Å². The van der Waals surface area contributed by atoms with Gasteiger partial charge in [-0.15, -0.1) is 0 Å². The fourth-order valence-electron chi connectivity index (χ4n) is 2.04. The Balaban J connectivity index is 2.36. The quantitative estimate of drug-likeness (QED) is 0.900. The van der Waals surface area contributed by atoms with Crippen molar-refractivity contribution in [3.8, 4) is 0 Å². The number of aliphatic hydroxyl groups is 1. The Kier molecular flexibility index (Phi) is 3.62. The van der Waals surface area contributed by atoms with Gasteiger partial charge in [-0.25, -0.2) is 13.2 Å². The lowest BCUT2D eigenvalue weighted by atomic mass is 9.88. The number of hydrogen-bond acceptors (Lipinski definition) is 1. The number of halogens is 3. The normalized spacial score (nSPS) is 14.2. The van der Waals surface area contributed by atoms with Crippen LogP contribution in [0, 0.1) is 17.5 Å². The van der Waals surface area contributed by atoms with E-state index in [0.717, 1.165) is 18.2 Å². The van der Waals surface area contributed by atoms with Gasteiger partial charge in [-0.1, -0.05) is 18.2 Å². The van der Waals surface area contributed by atoms with E-state index in [1.807, 2.05) is 0 Å². The molecule has 0 fully saturated rings. The van der Waals surface area contributed by atoms with Crippen LogP contribution in [-0.2, 0) is 12.0 Å². The summed E-state index contributed by atoms with van der Waals surface area (Å²) in [7, 11) is 0. The summed E-state index contributed by atoms with van der Waals surface area (Å²) >= 11 is 0. The van der Waals surface area contributed by atoms with Crippen LogP contribution in [0.3, 0.4) is 0 Å². The molecule has 0 heterocycles. The molecule has 100 valence electrons. The second-order valence-corrected chi connectivity index (χ2v) is 4.67. The number of benzene rings is 2. The lowest BCUT2D eigenvalue weighted by Crippen LogP contribution is -2.26. The van der Waals surface area contributed by atoms with Crippen LogP contribution < -0.4 is 0 Å². The van der Waals surface area contributed by atoms with E-state index >= 15 is 0 Å². The minimum Gasteiger partial charge on any atom is -0.385 e. The maximum atomic E-state index is 13.6. The van der Waals surface area contributed by atoms with Gasteiger partial charge in [-0.3, -0.25) is 0 Å². The third kappa shape index (κ3) is 2.96. The third-order valence-electron chi connectivity index (χ3n) is 3.00. The molecule has 0 aliphatic carbocycles. The van der Waals surface area contributed by atoms with Crippen molar-refractivity contribution in [2.45, 2.75) is 18.9 Å². The molecule has 0 saturated carbocycles. The van der Waals surface area contributed by atoms with Crippen molar-refractivity contribution < 1.29 is 18.3 Å². The lowest BCUT2D eigenvalue weighted by Gasteiger charge is -2.24. The molecule has 0 aromatic heterocycles. The van der Waals surface area contributed by atoms with Gasteiger partial charge in [0.15, 0.2) is 0 Å². The van der Waals surface area contributed by atoms with Gasteiger partial charge in [-0.05, 0) is 36.8 Å². The molecule has 4 heteroatoms. The van der Waals surface area contributed by atoms with Crippen LogP contribution in [0.25, 0.3) is 0 Å². The second-order valence-electron chi connectivity index (χ2n) is 4.67. The number of hydrogen-bond donors (Lipinski definition) is 1. The fraction of sp³-hybridized carbons (Fsp3) is 0.200. The van der Waals surface area contributed by atoms with Gasteiger partial charge in [0.1, 0.15) is 17.5 Å². The maximum absolute atomic E-state index is 13.6. The Morgan fingerprint density at radius 3 is 2.37 bits per heavy atom. The largest absolute Gasteiger partial charge is 0.385 e. The van der Waals surface area contributed by atoms with Crippen molar-refractivity contribution in [2.75, 3.05) is 0 Å². The Hall–Kier alpha value is -1.81. The first kappa shape index (κ1) is 13.6. The zero-order valence-electron chi connectivity index (χ0n) is 10.3. The van der Waals surface area contributed by atoms with Crippen molar-refractivity contribution in [1.29, 1.82) is 0 Å². The summed E-state index contributed by atoms with van der Waals surface area (Å²) in [4.78, 5) is 0. The van der Waals surface area contributed by atoms with Crippen molar-refractivity contribution in [3.63, 3.8) is 0 Å². The van der Waals surface area contributed by atoms with E-state index < -0.39 is 23.1 Å².